The van der Waals surface area contributed by atoms with E-state index in [1.165, 1.54) is 7.11 Å². The Morgan fingerprint density at radius 2 is 2.27 bits per heavy atom. The number of hydrogen-bond acceptors (Lipinski definition) is 3. The largest absolute Gasteiger partial charge is 0.475 e. The molecule has 0 saturated carbocycles. The second kappa shape index (κ2) is 5.61. The van der Waals surface area contributed by atoms with Crippen LogP contribution in [0.15, 0.2) is 24.3 Å². The molecule has 0 aliphatic carbocycles. The van der Waals surface area contributed by atoms with E-state index in [4.69, 9.17) is 16.3 Å². The molecule has 0 N–H and O–H groups in total. The normalized spacial score (nSPS) is 11.9. The average Bonchev–Trinajstić information content (AvgIpc) is 2.17. The quantitative estimate of drug-likeness (QED) is 0.586. The van der Waals surface area contributed by atoms with Crippen molar-refractivity contribution in [2.24, 2.45) is 0 Å². The highest BCUT2D eigenvalue weighted by Gasteiger charge is 2.05. The average molecular weight is 229 g/mol. The Balaban J connectivity index is 2.69. The molecule has 0 heterocycles. The SMILES string of the molecule is COC(=O)Cc1cccc(OC(C)Cl)c1. The number of halogens is 1. The number of methoxy groups -OCH3 is 1. The third kappa shape index (κ3) is 4.21. The Morgan fingerprint density at radius 1 is 1.53 bits per heavy atom. The van der Waals surface area contributed by atoms with Crippen LogP contribution < -0.4 is 4.74 Å². The molecule has 0 bridgehead atoms. The first kappa shape index (κ1) is 11.9. The van der Waals surface area contributed by atoms with Crippen LogP contribution >= 0.6 is 11.6 Å². The van der Waals surface area contributed by atoms with Crippen molar-refractivity contribution in [3.05, 3.63) is 29.8 Å². The lowest BCUT2D eigenvalue weighted by atomic mass is 10.1. The van der Waals surface area contributed by atoms with Gasteiger partial charge in [-0.05, 0) is 24.6 Å². The van der Waals surface area contributed by atoms with E-state index in [1.54, 1.807) is 19.1 Å². The summed E-state index contributed by atoms with van der Waals surface area (Å²) in [5, 5.41) is 0. The van der Waals surface area contributed by atoms with Gasteiger partial charge in [-0.25, -0.2) is 0 Å². The van der Waals surface area contributed by atoms with Crippen molar-refractivity contribution in [2.75, 3.05) is 7.11 Å². The number of carbonyl (C=O) groups is 1. The lowest BCUT2D eigenvalue weighted by molar-refractivity contribution is -0.139. The molecular formula is C11H13ClO3. The number of esters is 1. The van der Waals surface area contributed by atoms with Crippen LogP contribution in [0, 0.1) is 0 Å². The van der Waals surface area contributed by atoms with E-state index in [-0.39, 0.29) is 12.4 Å². The Bertz CT molecular complexity index is 336. The van der Waals surface area contributed by atoms with Crippen molar-refractivity contribution in [1.29, 1.82) is 0 Å². The summed E-state index contributed by atoms with van der Waals surface area (Å²) in [5.74, 6) is 0.380. The van der Waals surface area contributed by atoms with Gasteiger partial charge in [-0.3, -0.25) is 4.79 Å². The van der Waals surface area contributed by atoms with E-state index in [0.717, 1.165) is 5.56 Å². The van der Waals surface area contributed by atoms with Gasteiger partial charge < -0.3 is 9.47 Å². The molecule has 0 aromatic heterocycles. The summed E-state index contributed by atoms with van der Waals surface area (Å²) in [6.07, 6.45) is 0.240. The molecule has 1 aromatic carbocycles. The van der Waals surface area contributed by atoms with Crippen LogP contribution in [0.4, 0.5) is 0 Å². The third-order valence-electron chi connectivity index (χ3n) is 1.77. The number of alkyl halides is 1. The van der Waals surface area contributed by atoms with Gasteiger partial charge in [-0.1, -0.05) is 23.7 Å². The summed E-state index contributed by atoms with van der Waals surface area (Å²) in [4.78, 5) is 11.0. The van der Waals surface area contributed by atoms with Gasteiger partial charge in [0, 0.05) is 0 Å². The van der Waals surface area contributed by atoms with Crippen LogP contribution in [0.25, 0.3) is 0 Å². The summed E-state index contributed by atoms with van der Waals surface area (Å²) in [7, 11) is 1.36. The van der Waals surface area contributed by atoms with Gasteiger partial charge in [0.2, 0.25) is 0 Å². The Hall–Kier alpha value is -1.22. The molecule has 15 heavy (non-hydrogen) atoms. The van der Waals surface area contributed by atoms with Crippen molar-refractivity contribution in [2.45, 2.75) is 18.9 Å². The van der Waals surface area contributed by atoms with Crippen molar-refractivity contribution in [3.63, 3.8) is 0 Å². The maximum Gasteiger partial charge on any atom is 0.309 e. The molecule has 1 rings (SSSR count). The highest BCUT2D eigenvalue weighted by atomic mass is 35.5. The van der Waals surface area contributed by atoms with Crippen molar-refractivity contribution in [1.82, 2.24) is 0 Å². The summed E-state index contributed by atoms with van der Waals surface area (Å²) in [5.41, 5.74) is 0.454. The maximum atomic E-state index is 11.0. The highest BCUT2D eigenvalue weighted by molar-refractivity contribution is 6.19. The molecule has 3 nitrogen and oxygen atoms in total. The van der Waals surface area contributed by atoms with Gasteiger partial charge in [0.05, 0.1) is 13.5 Å². The minimum atomic E-state index is -0.390. The molecule has 1 aromatic rings. The molecule has 1 unspecified atom stereocenters. The standard InChI is InChI=1S/C11H13ClO3/c1-8(12)15-10-5-3-4-9(6-10)7-11(13)14-2/h3-6,8H,7H2,1-2H3. The van der Waals surface area contributed by atoms with E-state index in [9.17, 15) is 4.79 Å². The highest BCUT2D eigenvalue weighted by Crippen LogP contribution is 2.16. The van der Waals surface area contributed by atoms with Gasteiger partial charge in [0.25, 0.3) is 0 Å². The number of ether oxygens (including phenoxy) is 2. The second-order valence-electron chi connectivity index (χ2n) is 3.06. The van der Waals surface area contributed by atoms with Crippen LogP contribution in [0.5, 0.6) is 5.75 Å². The lowest BCUT2D eigenvalue weighted by Gasteiger charge is -2.08. The van der Waals surface area contributed by atoms with Crippen molar-refractivity contribution >= 4 is 17.6 Å². The molecule has 0 aliphatic rings. The predicted molar refractivity (Wildman–Crippen MR) is 58.1 cm³/mol. The predicted octanol–water partition coefficient (Wildman–Crippen LogP) is 2.37. The number of benzene rings is 1. The van der Waals surface area contributed by atoms with E-state index < -0.39 is 5.56 Å². The molecule has 1 atom stereocenters. The lowest BCUT2D eigenvalue weighted by Crippen LogP contribution is -2.06. The smallest absolute Gasteiger partial charge is 0.309 e. The van der Waals surface area contributed by atoms with Crippen LogP contribution in [0.3, 0.4) is 0 Å². The molecule has 0 aliphatic heterocycles. The second-order valence-corrected chi connectivity index (χ2v) is 3.68. The molecule has 0 radical (unpaired) electrons. The van der Waals surface area contributed by atoms with Crippen LogP contribution in [-0.2, 0) is 16.0 Å². The summed E-state index contributed by atoms with van der Waals surface area (Å²) >= 11 is 5.68. The zero-order chi connectivity index (χ0) is 11.3. The zero-order valence-electron chi connectivity index (χ0n) is 8.70. The minimum absolute atomic E-state index is 0.240. The van der Waals surface area contributed by atoms with Gasteiger partial charge in [0.1, 0.15) is 5.75 Å². The van der Waals surface area contributed by atoms with Crippen LogP contribution in [-0.4, -0.2) is 18.6 Å². The summed E-state index contributed by atoms with van der Waals surface area (Å²) in [6, 6.07) is 7.21. The van der Waals surface area contributed by atoms with Gasteiger partial charge >= 0.3 is 5.97 Å². The van der Waals surface area contributed by atoms with Crippen molar-refractivity contribution < 1.29 is 14.3 Å². The van der Waals surface area contributed by atoms with E-state index in [2.05, 4.69) is 4.74 Å². The fourth-order valence-corrected chi connectivity index (χ4v) is 1.26. The van der Waals surface area contributed by atoms with E-state index in [1.807, 2.05) is 12.1 Å². The van der Waals surface area contributed by atoms with Crippen LogP contribution in [0.2, 0.25) is 0 Å². The first-order valence-electron chi connectivity index (χ1n) is 4.58. The number of rotatable bonds is 4. The van der Waals surface area contributed by atoms with Crippen LogP contribution in [0.1, 0.15) is 12.5 Å². The molecule has 0 fully saturated rings. The van der Waals surface area contributed by atoms with Gasteiger partial charge in [-0.2, -0.15) is 0 Å². The molecular weight excluding hydrogens is 216 g/mol. The molecule has 0 amide bonds. The molecule has 4 heteroatoms. The van der Waals surface area contributed by atoms with Gasteiger partial charge in [0.15, 0.2) is 5.56 Å². The molecule has 0 saturated heterocycles. The third-order valence-corrected chi connectivity index (χ3v) is 1.86. The first-order valence-corrected chi connectivity index (χ1v) is 5.02. The Labute approximate surface area is 93.9 Å². The summed E-state index contributed by atoms with van der Waals surface area (Å²) in [6.45, 7) is 1.73. The van der Waals surface area contributed by atoms with Crippen molar-refractivity contribution in [3.8, 4) is 5.75 Å². The first-order chi connectivity index (χ1) is 7.11. The zero-order valence-corrected chi connectivity index (χ0v) is 9.45. The Kier molecular flexibility index (Phi) is 4.43. The van der Waals surface area contributed by atoms with Gasteiger partial charge in [-0.15, -0.1) is 0 Å². The monoisotopic (exact) mass is 228 g/mol. The topological polar surface area (TPSA) is 35.5 Å². The molecule has 0 spiro atoms. The fraction of sp³-hybridized carbons (Fsp3) is 0.364. The fourth-order valence-electron chi connectivity index (χ4n) is 1.16. The number of hydrogen-bond donors (Lipinski definition) is 0. The van der Waals surface area contributed by atoms with E-state index >= 15 is 0 Å². The minimum Gasteiger partial charge on any atom is -0.475 e. The van der Waals surface area contributed by atoms with E-state index in [0.29, 0.717) is 5.75 Å². The molecule has 82 valence electrons. The Morgan fingerprint density at radius 3 is 2.87 bits per heavy atom. The maximum absolute atomic E-state index is 11.0. The number of carbonyl (C=O) groups excluding carboxylic acids is 1. The summed E-state index contributed by atoms with van der Waals surface area (Å²) < 4.78 is 9.85.